The predicted octanol–water partition coefficient (Wildman–Crippen LogP) is 3.04. The van der Waals surface area contributed by atoms with Crippen LogP contribution >= 0.6 is 0 Å². The normalized spacial score (nSPS) is 13.1. The Hall–Kier alpha value is -3.62. The van der Waals surface area contributed by atoms with E-state index in [0.29, 0.717) is 5.75 Å². The van der Waals surface area contributed by atoms with Gasteiger partial charge in [0.25, 0.3) is 11.6 Å². The monoisotopic (exact) mass is 414 g/mol. The van der Waals surface area contributed by atoms with Crippen LogP contribution in [0.25, 0.3) is 0 Å². The number of benzene rings is 2. The lowest BCUT2D eigenvalue weighted by Crippen LogP contribution is -2.31. The van der Waals surface area contributed by atoms with Gasteiger partial charge in [-0.3, -0.25) is 14.9 Å². The molecule has 9 nitrogen and oxygen atoms in total. The van der Waals surface area contributed by atoms with Gasteiger partial charge in [0.2, 0.25) is 0 Å². The number of nitro groups is 1. The van der Waals surface area contributed by atoms with E-state index in [0.717, 1.165) is 19.3 Å². The van der Waals surface area contributed by atoms with Crippen molar-refractivity contribution >= 4 is 23.3 Å². The van der Waals surface area contributed by atoms with Gasteiger partial charge in [0.05, 0.1) is 18.1 Å². The number of esters is 1. The molecule has 1 aliphatic carbocycles. The van der Waals surface area contributed by atoms with Crippen molar-refractivity contribution in [3.8, 4) is 11.5 Å². The van der Waals surface area contributed by atoms with Gasteiger partial charge in [-0.25, -0.2) is 4.79 Å². The van der Waals surface area contributed by atoms with Gasteiger partial charge >= 0.3 is 5.97 Å². The summed E-state index contributed by atoms with van der Waals surface area (Å²) in [4.78, 5) is 34.9. The number of hydrogen-bond acceptors (Lipinski definition) is 7. The van der Waals surface area contributed by atoms with E-state index < -0.39 is 22.9 Å². The zero-order valence-corrected chi connectivity index (χ0v) is 16.7. The van der Waals surface area contributed by atoms with Crippen LogP contribution in [0.15, 0.2) is 36.4 Å². The molecule has 0 saturated heterocycles. The quantitative estimate of drug-likeness (QED) is 0.401. The van der Waals surface area contributed by atoms with E-state index in [-0.39, 0.29) is 23.7 Å². The summed E-state index contributed by atoms with van der Waals surface area (Å²) >= 11 is 0. The SMILES string of the molecule is COc1ccc(NC(=O)[C@@H](C)OC(=O)COc2ccc3c(c2)CCC3)c([N+](=O)[O-])c1. The lowest BCUT2D eigenvalue weighted by Gasteiger charge is -2.14. The second-order valence-electron chi connectivity index (χ2n) is 6.83. The van der Waals surface area contributed by atoms with Gasteiger partial charge in [0, 0.05) is 0 Å². The Labute approximate surface area is 173 Å². The van der Waals surface area contributed by atoms with Gasteiger partial charge in [-0.05, 0) is 61.6 Å². The summed E-state index contributed by atoms with van der Waals surface area (Å²) in [6, 6.07) is 9.71. The van der Waals surface area contributed by atoms with Crippen molar-refractivity contribution in [1.29, 1.82) is 0 Å². The third-order valence-electron chi connectivity index (χ3n) is 4.76. The van der Waals surface area contributed by atoms with Crippen molar-refractivity contribution in [3.63, 3.8) is 0 Å². The Morgan fingerprint density at radius 3 is 2.60 bits per heavy atom. The second kappa shape index (κ2) is 9.25. The van der Waals surface area contributed by atoms with Crippen LogP contribution in [0.3, 0.4) is 0 Å². The maximum absolute atomic E-state index is 12.3. The number of nitrogens with one attached hydrogen (secondary N) is 1. The third kappa shape index (κ3) is 5.05. The van der Waals surface area contributed by atoms with Crippen LogP contribution in [-0.4, -0.2) is 36.6 Å². The molecular formula is C21H22N2O7. The molecule has 0 unspecified atom stereocenters. The van der Waals surface area contributed by atoms with Crippen LogP contribution in [0.2, 0.25) is 0 Å². The molecule has 30 heavy (non-hydrogen) atoms. The van der Waals surface area contributed by atoms with Crippen molar-refractivity contribution in [1.82, 2.24) is 0 Å². The summed E-state index contributed by atoms with van der Waals surface area (Å²) in [6.07, 6.45) is 1.99. The first-order valence-corrected chi connectivity index (χ1v) is 9.44. The number of hydrogen-bond donors (Lipinski definition) is 1. The lowest BCUT2D eigenvalue weighted by molar-refractivity contribution is -0.384. The topological polar surface area (TPSA) is 117 Å². The van der Waals surface area contributed by atoms with Crippen molar-refractivity contribution in [3.05, 3.63) is 57.6 Å². The molecule has 1 N–H and O–H groups in total. The van der Waals surface area contributed by atoms with Gasteiger partial charge in [0.1, 0.15) is 17.2 Å². The molecule has 0 aliphatic heterocycles. The Kier molecular flexibility index (Phi) is 6.51. The van der Waals surface area contributed by atoms with Gasteiger partial charge < -0.3 is 19.5 Å². The number of carbonyl (C=O) groups excluding carboxylic acids is 2. The van der Waals surface area contributed by atoms with Crippen LogP contribution in [0, 0.1) is 10.1 Å². The van der Waals surface area contributed by atoms with Crippen molar-refractivity contribution in [2.24, 2.45) is 0 Å². The highest BCUT2D eigenvalue weighted by atomic mass is 16.6. The molecule has 2 aromatic rings. The van der Waals surface area contributed by atoms with Crippen molar-refractivity contribution in [2.75, 3.05) is 19.0 Å². The van der Waals surface area contributed by atoms with Crippen LogP contribution in [0.4, 0.5) is 11.4 Å². The number of fused-ring (bicyclic) bond motifs is 1. The summed E-state index contributed by atoms with van der Waals surface area (Å²) in [6.45, 7) is 1.02. The first kappa shape index (κ1) is 21.1. The van der Waals surface area contributed by atoms with E-state index in [2.05, 4.69) is 5.32 Å². The molecule has 0 spiro atoms. The number of anilines is 1. The summed E-state index contributed by atoms with van der Waals surface area (Å²) in [7, 11) is 1.38. The van der Waals surface area contributed by atoms with Gasteiger partial charge in [-0.2, -0.15) is 0 Å². The van der Waals surface area contributed by atoms with Crippen LogP contribution in [-0.2, 0) is 27.2 Å². The Morgan fingerprint density at radius 1 is 1.13 bits per heavy atom. The van der Waals surface area contributed by atoms with Crippen LogP contribution in [0.1, 0.15) is 24.5 Å². The maximum atomic E-state index is 12.3. The van der Waals surface area contributed by atoms with Crippen molar-refractivity contribution < 1.29 is 28.7 Å². The zero-order chi connectivity index (χ0) is 21.7. The van der Waals surface area contributed by atoms with Gasteiger partial charge in [-0.15, -0.1) is 0 Å². The summed E-state index contributed by atoms with van der Waals surface area (Å²) in [5.41, 5.74) is 2.15. The average molecular weight is 414 g/mol. The average Bonchev–Trinajstić information content (AvgIpc) is 3.20. The minimum Gasteiger partial charge on any atom is -0.496 e. The Balaban J connectivity index is 1.54. The van der Waals surface area contributed by atoms with E-state index in [1.165, 1.54) is 43.4 Å². The molecule has 2 aromatic carbocycles. The number of nitro benzene ring substituents is 1. The molecule has 3 rings (SSSR count). The van der Waals surface area contributed by atoms with E-state index in [1.54, 1.807) is 6.07 Å². The largest absolute Gasteiger partial charge is 0.496 e. The van der Waals surface area contributed by atoms with Gasteiger partial charge in [0.15, 0.2) is 12.7 Å². The smallest absolute Gasteiger partial charge is 0.344 e. The standard InChI is InChI=1S/C21H22N2O7/c1-13(21(25)22-18-9-8-16(28-2)11-19(18)23(26)27)30-20(24)12-29-17-7-6-14-4-3-5-15(14)10-17/h6-11,13H,3-5,12H2,1-2H3,(H,22,25)/t13-/m1/s1. The second-order valence-corrected chi connectivity index (χ2v) is 6.83. The predicted molar refractivity (Wildman–Crippen MR) is 108 cm³/mol. The van der Waals surface area contributed by atoms with Crippen molar-refractivity contribution in [2.45, 2.75) is 32.3 Å². The molecule has 1 atom stereocenters. The Bertz CT molecular complexity index is 974. The number of amides is 1. The number of carbonyl (C=O) groups is 2. The number of nitrogens with zero attached hydrogens (tertiary/aromatic N) is 1. The molecule has 0 aromatic heterocycles. The first-order valence-electron chi connectivity index (χ1n) is 9.44. The van der Waals surface area contributed by atoms with E-state index in [4.69, 9.17) is 14.2 Å². The van der Waals surface area contributed by atoms with Crippen LogP contribution in [0.5, 0.6) is 11.5 Å². The molecule has 0 heterocycles. The first-order chi connectivity index (χ1) is 14.4. The molecule has 9 heteroatoms. The summed E-state index contributed by atoms with van der Waals surface area (Å²) in [5.74, 6) is -0.571. The number of rotatable bonds is 8. The molecule has 0 saturated carbocycles. The molecule has 158 valence electrons. The fourth-order valence-electron chi connectivity index (χ4n) is 3.19. The molecule has 0 fully saturated rings. The summed E-state index contributed by atoms with van der Waals surface area (Å²) in [5, 5.41) is 13.6. The zero-order valence-electron chi connectivity index (χ0n) is 16.7. The highest BCUT2D eigenvalue weighted by Crippen LogP contribution is 2.29. The number of ether oxygens (including phenoxy) is 3. The molecule has 1 amide bonds. The highest BCUT2D eigenvalue weighted by molar-refractivity contribution is 5.97. The van der Waals surface area contributed by atoms with Crippen LogP contribution < -0.4 is 14.8 Å². The number of aryl methyl sites for hydroxylation is 2. The minimum absolute atomic E-state index is 0.0249. The van der Waals surface area contributed by atoms with E-state index >= 15 is 0 Å². The Morgan fingerprint density at radius 2 is 1.87 bits per heavy atom. The fourth-order valence-corrected chi connectivity index (χ4v) is 3.19. The lowest BCUT2D eigenvalue weighted by atomic mass is 10.1. The summed E-state index contributed by atoms with van der Waals surface area (Å²) < 4.78 is 15.5. The van der Waals surface area contributed by atoms with E-state index in [1.807, 2.05) is 12.1 Å². The van der Waals surface area contributed by atoms with E-state index in [9.17, 15) is 19.7 Å². The molecular weight excluding hydrogens is 392 g/mol. The molecule has 0 bridgehead atoms. The molecule has 1 aliphatic rings. The number of methoxy groups -OCH3 is 1. The minimum atomic E-state index is -1.16. The fraction of sp³-hybridized carbons (Fsp3) is 0.333. The third-order valence-corrected chi connectivity index (χ3v) is 4.76. The molecule has 0 radical (unpaired) electrons. The highest BCUT2D eigenvalue weighted by Gasteiger charge is 2.23. The maximum Gasteiger partial charge on any atom is 0.344 e. The van der Waals surface area contributed by atoms with Gasteiger partial charge in [-0.1, -0.05) is 6.07 Å².